The summed E-state index contributed by atoms with van der Waals surface area (Å²) < 4.78 is 0. The van der Waals surface area contributed by atoms with Crippen molar-refractivity contribution in [2.45, 2.75) is 6.92 Å². The van der Waals surface area contributed by atoms with E-state index in [4.69, 9.17) is 5.73 Å². The van der Waals surface area contributed by atoms with Gasteiger partial charge in [0, 0.05) is 6.54 Å². The first-order chi connectivity index (χ1) is 7.45. The van der Waals surface area contributed by atoms with Gasteiger partial charge in [-0.1, -0.05) is 0 Å². The number of hydrogen-bond donors (Lipinski definition) is 3. The number of rotatable bonds is 2. The highest BCUT2D eigenvalue weighted by molar-refractivity contribution is 7.80. The fourth-order valence-electron chi connectivity index (χ4n) is 0.910. The van der Waals surface area contributed by atoms with E-state index in [2.05, 4.69) is 28.0 Å². The average molecular weight is 243 g/mol. The minimum atomic E-state index is -1.17. The van der Waals surface area contributed by atoms with Crippen LogP contribution in [0.15, 0.2) is 5.10 Å². The van der Waals surface area contributed by atoms with Crippen LogP contribution in [0, 0.1) is 0 Å². The van der Waals surface area contributed by atoms with Gasteiger partial charge in [-0.25, -0.2) is 5.01 Å². The molecule has 1 aliphatic heterocycles. The molecule has 9 heteroatoms. The van der Waals surface area contributed by atoms with E-state index in [-0.39, 0.29) is 11.1 Å². The molecule has 16 heavy (non-hydrogen) atoms. The molecular formula is C7H9N5O3S. The Morgan fingerprint density at radius 3 is 2.25 bits per heavy atom. The average Bonchev–Trinajstić information content (AvgIpc) is 2.21. The van der Waals surface area contributed by atoms with E-state index in [1.807, 2.05) is 0 Å². The number of guanidine groups is 1. The predicted molar refractivity (Wildman–Crippen MR) is 57.9 cm³/mol. The summed E-state index contributed by atoms with van der Waals surface area (Å²) >= 11 is 4.67. The number of ketones is 1. The number of Topliss-reactive ketones (excluding diaryl/α,β-unsaturated/α-hetero) is 1. The predicted octanol–water partition coefficient (Wildman–Crippen LogP) is -2.36. The summed E-state index contributed by atoms with van der Waals surface area (Å²) in [5, 5.41) is 9.10. The number of amides is 2. The summed E-state index contributed by atoms with van der Waals surface area (Å²) in [6, 6.07) is 0. The lowest BCUT2D eigenvalue weighted by molar-refractivity contribution is -0.145. The third-order valence-electron chi connectivity index (χ3n) is 1.65. The summed E-state index contributed by atoms with van der Waals surface area (Å²) in [7, 11) is 0. The van der Waals surface area contributed by atoms with Crippen LogP contribution in [0.25, 0.3) is 0 Å². The summed E-state index contributed by atoms with van der Waals surface area (Å²) in [5.41, 5.74) is 5.32. The van der Waals surface area contributed by atoms with Crippen molar-refractivity contribution >= 4 is 40.9 Å². The number of nitrogens with one attached hydrogen (secondary N) is 2. The zero-order valence-electron chi connectivity index (χ0n) is 8.31. The molecule has 0 unspecified atom stereocenters. The van der Waals surface area contributed by atoms with Gasteiger partial charge >= 0.3 is 17.6 Å². The smallest absolute Gasteiger partial charge is 0.308 e. The van der Waals surface area contributed by atoms with Crippen molar-refractivity contribution in [1.82, 2.24) is 15.6 Å². The van der Waals surface area contributed by atoms with E-state index in [0.717, 1.165) is 0 Å². The van der Waals surface area contributed by atoms with Gasteiger partial charge in [0.2, 0.25) is 5.96 Å². The molecule has 1 heterocycles. The van der Waals surface area contributed by atoms with Crippen molar-refractivity contribution in [3.63, 3.8) is 0 Å². The summed E-state index contributed by atoms with van der Waals surface area (Å²) in [6.45, 7) is 2.08. The largest absolute Gasteiger partial charge is 0.375 e. The topological polar surface area (TPSA) is 117 Å². The molecule has 0 radical (unpaired) electrons. The van der Waals surface area contributed by atoms with Gasteiger partial charge in [-0.2, -0.15) is 0 Å². The maximum Gasteiger partial charge on any atom is 0.308 e. The number of carbonyl (C=O) groups is 3. The highest BCUT2D eigenvalue weighted by atomic mass is 32.1. The molecule has 8 nitrogen and oxygen atoms in total. The Morgan fingerprint density at radius 1 is 1.38 bits per heavy atom. The molecule has 1 rings (SSSR count). The van der Waals surface area contributed by atoms with Crippen molar-refractivity contribution < 1.29 is 14.4 Å². The SMILES string of the molecule is CCN(N=C1NC(=O)C(=O)C(=O)N1)C(N)=S. The van der Waals surface area contributed by atoms with E-state index in [9.17, 15) is 14.4 Å². The molecule has 0 aromatic carbocycles. The Morgan fingerprint density at radius 2 is 1.88 bits per heavy atom. The molecule has 1 aliphatic rings. The first kappa shape index (κ1) is 12.0. The molecule has 0 spiro atoms. The van der Waals surface area contributed by atoms with Gasteiger partial charge in [-0.3, -0.25) is 25.0 Å². The molecule has 86 valence electrons. The highest BCUT2D eigenvalue weighted by Crippen LogP contribution is 1.91. The molecule has 4 N–H and O–H groups in total. The number of hydrogen-bond acceptors (Lipinski definition) is 5. The van der Waals surface area contributed by atoms with Gasteiger partial charge < -0.3 is 5.73 Å². The van der Waals surface area contributed by atoms with Crippen LogP contribution in [0.1, 0.15) is 6.92 Å². The second kappa shape index (κ2) is 4.66. The van der Waals surface area contributed by atoms with Crippen LogP contribution >= 0.6 is 12.2 Å². The molecule has 1 fully saturated rings. The molecule has 0 atom stereocenters. The van der Waals surface area contributed by atoms with Crippen molar-refractivity contribution in [2.75, 3.05) is 6.54 Å². The number of nitrogens with zero attached hydrogens (tertiary/aromatic N) is 2. The van der Waals surface area contributed by atoms with Crippen LogP contribution < -0.4 is 16.4 Å². The van der Waals surface area contributed by atoms with Crippen molar-refractivity contribution in [2.24, 2.45) is 10.8 Å². The normalized spacial score (nSPS) is 15.3. The van der Waals surface area contributed by atoms with Crippen LogP contribution in [-0.4, -0.2) is 40.2 Å². The second-order valence-electron chi connectivity index (χ2n) is 2.74. The van der Waals surface area contributed by atoms with E-state index in [0.29, 0.717) is 6.54 Å². The summed E-state index contributed by atoms with van der Waals surface area (Å²) in [5.74, 6) is -3.43. The third kappa shape index (κ3) is 2.51. The molecule has 1 saturated heterocycles. The van der Waals surface area contributed by atoms with E-state index in [1.165, 1.54) is 5.01 Å². The van der Waals surface area contributed by atoms with Crippen molar-refractivity contribution in [3.8, 4) is 0 Å². The first-order valence-electron chi connectivity index (χ1n) is 4.28. The maximum atomic E-state index is 11.0. The molecule has 0 bridgehead atoms. The molecule has 0 aromatic heterocycles. The number of thiocarbonyl (C=S) groups is 1. The third-order valence-corrected chi connectivity index (χ3v) is 1.86. The fraction of sp³-hybridized carbons (Fsp3) is 0.286. The van der Waals surface area contributed by atoms with Crippen LogP contribution in [0.4, 0.5) is 0 Å². The molecular weight excluding hydrogens is 234 g/mol. The minimum absolute atomic E-state index is 0.0182. The van der Waals surface area contributed by atoms with Gasteiger partial charge in [0.25, 0.3) is 0 Å². The van der Waals surface area contributed by atoms with Crippen LogP contribution in [-0.2, 0) is 14.4 Å². The zero-order chi connectivity index (χ0) is 12.3. The van der Waals surface area contributed by atoms with Crippen LogP contribution in [0.5, 0.6) is 0 Å². The van der Waals surface area contributed by atoms with Gasteiger partial charge in [0.05, 0.1) is 0 Å². The zero-order valence-corrected chi connectivity index (χ0v) is 9.13. The lowest BCUT2D eigenvalue weighted by atomic mass is 10.3. The fourth-order valence-corrected chi connectivity index (χ4v) is 1.08. The monoisotopic (exact) mass is 243 g/mol. The summed E-state index contributed by atoms with van der Waals surface area (Å²) in [6.07, 6.45) is 0. The quantitative estimate of drug-likeness (QED) is 0.284. The van der Waals surface area contributed by atoms with E-state index < -0.39 is 17.6 Å². The Hall–Kier alpha value is -2.03. The summed E-state index contributed by atoms with van der Waals surface area (Å²) in [4.78, 5) is 32.8. The number of nitrogens with two attached hydrogens (primary N) is 1. The van der Waals surface area contributed by atoms with Gasteiger partial charge in [0.1, 0.15) is 0 Å². The highest BCUT2D eigenvalue weighted by Gasteiger charge is 2.30. The van der Waals surface area contributed by atoms with Gasteiger partial charge in [-0.15, -0.1) is 5.10 Å². The molecule has 0 saturated carbocycles. The maximum absolute atomic E-state index is 11.0. The van der Waals surface area contributed by atoms with E-state index in [1.54, 1.807) is 6.92 Å². The number of carbonyl (C=O) groups excluding carboxylic acids is 3. The Labute approximate surface area is 95.8 Å². The number of hydrazone groups is 1. The molecule has 0 aromatic rings. The molecule has 2 amide bonds. The van der Waals surface area contributed by atoms with Crippen molar-refractivity contribution in [3.05, 3.63) is 0 Å². The Kier molecular flexibility index (Phi) is 3.51. The van der Waals surface area contributed by atoms with Crippen LogP contribution in [0.3, 0.4) is 0 Å². The van der Waals surface area contributed by atoms with Gasteiger partial charge in [-0.05, 0) is 19.1 Å². The lowest BCUT2D eigenvalue weighted by Gasteiger charge is -2.19. The minimum Gasteiger partial charge on any atom is -0.375 e. The van der Waals surface area contributed by atoms with Crippen LogP contribution in [0.2, 0.25) is 0 Å². The van der Waals surface area contributed by atoms with Gasteiger partial charge in [0.15, 0.2) is 5.11 Å². The Balaban J connectivity index is 2.86. The first-order valence-corrected chi connectivity index (χ1v) is 4.68. The Bertz CT molecular complexity index is 383. The standard InChI is InChI=1S/C7H9N5O3S/c1-2-12(6(8)16)11-7-9-4(14)3(13)5(15)10-7/h2H2,1H3,(H2,8,16)(H2,9,10,11,14,15). The van der Waals surface area contributed by atoms with Crippen molar-refractivity contribution in [1.29, 1.82) is 0 Å². The second-order valence-corrected chi connectivity index (χ2v) is 3.16. The van der Waals surface area contributed by atoms with E-state index >= 15 is 0 Å². The lowest BCUT2D eigenvalue weighted by Crippen LogP contribution is -2.58. The molecule has 0 aliphatic carbocycles.